The quantitative estimate of drug-likeness (QED) is 0.0894. The molecule has 0 saturated heterocycles. The smallest absolute Gasteiger partial charge is 0.460 e. The Morgan fingerprint density at radius 2 is 1.15 bits per heavy atom. The van der Waals surface area contributed by atoms with Gasteiger partial charge in [0.05, 0.1) is 6.61 Å². The van der Waals surface area contributed by atoms with E-state index >= 15 is 0 Å². The van der Waals surface area contributed by atoms with Gasteiger partial charge in [0.2, 0.25) is 0 Å². The van der Waals surface area contributed by atoms with Crippen molar-refractivity contribution in [3.63, 3.8) is 0 Å². The Morgan fingerprint density at radius 1 is 0.718 bits per heavy atom. The fourth-order valence-corrected chi connectivity index (χ4v) is 2.72. The van der Waals surface area contributed by atoms with Crippen LogP contribution in [0.15, 0.2) is 12.7 Å². The molecule has 0 aromatic heterocycles. The van der Waals surface area contributed by atoms with E-state index in [-0.39, 0.29) is 6.42 Å². The molecule has 0 aliphatic carbocycles. The third-order valence-electron chi connectivity index (χ3n) is 5.10. The molecule has 0 aromatic rings. The molecular weight excluding hydrogens is 587 g/mol. The summed E-state index contributed by atoms with van der Waals surface area (Å²) in [5.41, 5.74) is 0. The van der Waals surface area contributed by atoms with Crippen molar-refractivity contribution in [3.05, 3.63) is 12.7 Å². The monoisotopic (exact) mass is 609 g/mol. The zero-order valence-corrected chi connectivity index (χ0v) is 19.7. The van der Waals surface area contributed by atoms with E-state index in [2.05, 4.69) is 11.3 Å². The van der Waals surface area contributed by atoms with Crippen molar-refractivity contribution in [2.75, 3.05) is 6.61 Å². The van der Waals surface area contributed by atoms with Crippen molar-refractivity contribution in [1.82, 2.24) is 5.32 Å². The molecule has 0 radical (unpaired) electrons. The Morgan fingerprint density at radius 3 is 1.59 bits per heavy atom. The first kappa shape index (κ1) is 36.6. The van der Waals surface area contributed by atoms with Crippen LogP contribution in [0.25, 0.3) is 0 Å². The van der Waals surface area contributed by atoms with Gasteiger partial charge in [-0.05, 0) is 12.8 Å². The third-order valence-corrected chi connectivity index (χ3v) is 5.10. The lowest BCUT2D eigenvalue weighted by atomic mass is 9.90. The number of alkyl halides is 15. The number of rotatable bonds is 16. The van der Waals surface area contributed by atoms with Gasteiger partial charge >= 0.3 is 47.7 Å². The van der Waals surface area contributed by atoms with Crippen LogP contribution in [0.4, 0.5) is 65.9 Å². The van der Waals surface area contributed by atoms with Gasteiger partial charge in [-0.2, -0.15) is 65.9 Å². The zero-order chi connectivity index (χ0) is 31.3. The first-order valence-electron chi connectivity index (χ1n) is 10.7. The van der Waals surface area contributed by atoms with E-state index in [1.807, 2.05) is 6.92 Å². The van der Waals surface area contributed by atoms with E-state index in [1.54, 1.807) is 0 Å². The summed E-state index contributed by atoms with van der Waals surface area (Å²) in [6, 6.07) is -2.39. The number of carbonyl (C=O) groups is 2. The number of ether oxygens (including phenoxy) is 1. The van der Waals surface area contributed by atoms with Crippen LogP contribution in [0.5, 0.6) is 0 Å². The molecule has 0 rings (SSSR count). The van der Waals surface area contributed by atoms with E-state index in [1.165, 1.54) is 0 Å². The van der Waals surface area contributed by atoms with Crippen LogP contribution in [-0.2, 0) is 14.3 Å². The number of amides is 1. The van der Waals surface area contributed by atoms with Gasteiger partial charge in [-0.25, -0.2) is 4.79 Å². The maximum absolute atomic E-state index is 14.0. The molecule has 19 heteroatoms. The molecule has 0 fully saturated rings. The molecular formula is C20H22F15NO3. The largest absolute Gasteiger partial charge is 0.464 e. The number of hydrogen-bond acceptors (Lipinski definition) is 3. The molecule has 0 aliphatic rings. The molecule has 0 saturated carbocycles. The van der Waals surface area contributed by atoms with Crippen molar-refractivity contribution in [1.29, 1.82) is 0 Å². The van der Waals surface area contributed by atoms with E-state index in [0.29, 0.717) is 18.9 Å². The molecule has 39 heavy (non-hydrogen) atoms. The number of hydrogen-bond donors (Lipinski definition) is 1. The van der Waals surface area contributed by atoms with Gasteiger partial charge in [0, 0.05) is 0 Å². The molecule has 0 heterocycles. The number of esters is 1. The minimum atomic E-state index is -8.52. The second-order valence-corrected chi connectivity index (χ2v) is 8.08. The Hall–Kier alpha value is -2.37. The topological polar surface area (TPSA) is 55.4 Å². The van der Waals surface area contributed by atoms with E-state index < -0.39 is 72.7 Å². The molecule has 0 aliphatic heterocycles. The summed E-state index contributed by atoms with van der Waals surface area (Å²) >= 11 is 0. The van der Waals surface area contributed by atoms with Gasteiger partial charge in [-0.15, -0.1) is 6.58 Å². The standard InChI is InChI=1S/C20H22F15NO3/c1-3-5-6-7-8-10-39-12(37)11(9-4-2)36-13(38)14(21,22)15(23,24)16(25,26)17(27,28)18(29,30)19(31,32)20(33,34)35/h4,11H,2-3,5-10H2,1H3,(H,36,38). The normalized spacial score (nSPS) is 15.1. The summed E-state index contributed by atoms with van der Waals surface area (Å²) in [5, 5.41) is 0.733. The highest BCUT2D eigenvalue weighted by atomic mass is 19.4. The summed E-state index contributed by atoms with van der Waals surface area (Å²) in [4.78, 5) is 23.6. The molecule has 1 atom stereocenters. The number of halogens is 15. The average molecular weight is 609 g/mol. The maximum Gasteiger partial charge on any atom is 0.460 e. The van der Waals surface area contributed by atoms with Crippen LogP contribution < -0.4 is 5.32 Å². The van der Waals surface area contributed by atoms with Crippen molar-refractivity contribution < 1.29 is 80.2 Å². The van der Waals surface area contributed by atoms with Crippen LogP contribution in [-0.4, -0.2) is 66.2 Å². The van der Waals surface area contributed by atoms with E-state index in [0.717, 1.165) is 18.2 Å². The van der Waals surface area contributed by atoms with Crippen molar-refractivity contribution in [2.45, 2.75) is 93.2 Å². The van der Waals surface area contributed by atoms with Crippen LogP contribution in [0.2, 0.25) is 0 Å². The molecule has 1 N–H and O–H groups in total. The van der Waals surface area contributed by atoms with Gasteiger partial charge in [0.1, 0.15) is 6.04 Å². The third kappa shape index (κ3) is 6.86. The summed E-state index contributed by atoms with van der Waals surface area (Å²) < 4.78 is 204. The average Bonchev–Trinajstić information content (AvgIpc) is 2.79. The van der Waals surface area contributed by atoms with Gasteiger partial charge in [0.15, 0.2) is 0 Å². The number of unbranched alkanes of at least 4 members (excludes halogenated alkanes) is 4. The molecule has 230 valence electrons. The summed E-state index contributed by atoms with van der Waals surface area (Å²) in [6.07, 6.45) is -5.00. The predicted molar refractivity (Wildman–Crippen MR) is 102 cm³/mol. The summed E-state index contributed by atoms with van der Waals surface area (Å²) in [7, 11) is 0. The fraction of sp³-hybridized carbons (Fsp3) is 0.800. The minimum absolute atomic E-state index is 0.187. The Bertz CT molecular complexity index is 856. The molecule has 0 aromatic carbocycles. The minimum Gasteiger partial charge on any atom is -0.464 e. The van der Waals surface area contributed by atoms with Crippen LogP contribution in [0.1, 0.15) is 45.4 Å². The van der Waals surface area contributed by atoms with E-state index in [4.69, 9.17) is 0 Å². The molecule has 0 spiro atoms. The molecule has 1 unspecified atom stereocenters. The van der Waals surface area contributed by atoms with Crippen LogP contribution >= 0.6 is 0 Å². The zero-order valence-electron chi connectivity index (χ0n) is 19.7. The lowest BCUT2D eigenvalue weighted by Crippen LogP contribution is -2.74. The molecule has 0 bridgehead atoms. The Labute approximate surface area is 210 Å². The van der Waals surface area contributed by atoms with Crippen LogP contribution in [0, 0.1) is 0 Å². The van der Waals surface area contributed by atoms with Crippen molar-refractivity contribution in [3.8, 4) is 0 Å². The second kappa shape index (κ2) is 12.4. The molecule has 1 amide bonds. The number of nitrogens with one attached hydrogen (secondary N) is 1. The Kier molecular flexibility index (Phi) is 11.7. The fourth-order valence-electron chi connectivity index (χ4n) is 2.72. The van der Waals surface area contributed by atoms with Crippen LogP contribution in [0.3, 0.4) is 0 Å². The lowest BCUT2D eigenvalue weighted by molar-refractivity contribution is -0.449. The molecule has 4 nitrogen and oxygen atoms in total. The highest BCUT2D eigenvalue weighted by molar-refractivity contribution is 5.89. The highest BCUT2D eigenvalue weighted by Crippen LogP contribution is 2.62. The highest BCUT2D eigenvalue weighted by Gasteiger charge is 2.94. The van der Waals surface area contributed by atoms with E-state index in [9.17, 15) is 75.4 Å². The van der Waals surface area contributed by atoms with Gasteiger partial charge in [-0.1, -0.05) is 38.7 Å². The first-order valence-corrected chi connectivity index (χ1v) is 10.7. The van der Waals surface area contributed by atoms with Gasteiger partial charge in [-0.3, -0.25) is 4.79 Å². The van der Waals surface area contributed by atoms with Gasteiger partial charge in [0.25, 0.3) is 5.91 Å². The summed E-state index contributed by atoms with van der Waals surface area (Å²) in [6.45, 7) is 4.46. The maximum atomic E-state index is 14.0. The van der Waals surface area contributed by atoms with Crippen molar-refractivity contribution >= 4 is 11.9 Å². The lowest BCUT2D eigenvalue weighted by Gasteiger charge is -2.41. The van der Waals surface area contributed by atoms with Crippen molar-refractivity contribution in [2.24, 2.45) is 0 Å². The SMILES string of the molecule is C=CCC(NC(=O)C(F)(F)C(F)(F)C(F)(F)C(F)(F)C(F)(F)C(F)(F)C(F)(F)F)C(=O)OCCCCCCC. The summed E-state index contributed by atoms with van der Waals surface area (Å²) in [5.74, 6) is -54.0. The van der Waals surface area contributed by atoms with Gasteiger partial charge < -0.3 is 10.1 Å². The second-order valence-electron chi connectivity index (χ2n) is 8.08. The first-order chi connectivity index (χ1) is 17.3. The number of carbonyl (C=O) groups excluding carboxylic acids is 2. The Balaban J connectivity index is 6.06. The predicted octanol–water partition coefficient (Wildman–Crippen LogP) is 6.94.